The summed E-state index contributed by atoms with van der Waals surface area (Å²) in [4.78, 5) is 4.36. The number of fused-ring (bicyclic) bond motifs is 1. The highest BCUT2D eigenvalue weighted by Crippen LogP contribution is 2.44. The molecule has 7 nitrogen and oxygen atoms in total. The summed E-state index contributed by atoms with van der Waals surface area (Å²) in [7, 11) is 1.54. The molecule has 4 aromatic rings. The highest BCUT2D eigenvalue weighted by atomic mass is 19.1. The second kappa shape index (κ2) is 11.3. The highest BCUT2D eigenvalue weighted by molar-refractivity contribution is 5.88. The van der Waals surface area contributed by atoms with E-state index in [0.29, 0.717) is 42.0 Å². The summed E-state index contributed by atoms with van der Waals surface area (Å²) in [5.41, 5.74) is 4.81. The van der Waals surface area contributed by atoms with Crippen molar-refractivity contribution >= 4 is 16.6 Å². The van der Waals surface area contributed by atoms with Gasteiger partial charge in [0.05, 0.1) is 30.5 Å². The Hall–Kier alpha value is -4.12. The lowest BCUT2D eigenvalue weighted by molar-refractivity contribution is -0.0222. The van der Waals surface area contributed by atoms with Crippen molar-refractivity contribution in [2.45, 2.75) is 37.9 Å². The molecule has 0 aliphatic carbocycles. The minimum absolute atomic E-state index is 0.0311. The molecule has 42 heavy (non-hydrogen) atoms. The van der Waals surface area contributed by atoms with Crippen LogP contribution in [-0.4, -0.2) is 35.4 Å². The number of nitrogens with zero attached hydrogens (tertiary/aromatic N) is 2. The zero-order chi connectivity index (χ0) is 30.2. The molecule has 1 unspecified atom stereocenters. The normalized spacial score (nSPS) is 17.6. The van der Waals surface area contributed by atoms with E-state index >= 15 is 8.78 Å². The number of hydrazine groups is 1. The molecule has 1 aromatic heterocycles. The molecule has 0 radical (unpaired) electrons. The second-order valence-electron chi connectivity index (χ2n) is 11.0. The molecule has 0 saturated carbocycles. The smallest absolute Gasteiger partial charge is 0.145 e. The fourth-order valence-corrected chi connectivity index (χ4v) is 5.48. The SMILES string of the molecule is COc1cc(/C(N)=C/N(N)CC2(c3cc(C(C)(C)O)c(F)c(-c4ccc(F)cc4)c3F)CCCO2)cc2cccnc12. The van der Waals surface area contributed by atoms with Crippen molar-refractivity contribution in [3.8, 4) is 16.9 Å². The lowest BCUT2D eigenvalue weighted by Crippen LogP contribution is -2.43. The van der Waals surface area contributed by atoms with Crippen LogP contribution in [0.2, 0.25) is 0 Å². The van der Waals surface area contributed by atoms with Crippen LogP contribution in [0.15, 0.2) is 67.0 Å². The number of nitrogens with two attached hydrogens (primary N) is 2. The van der Waals surface area contributed by atoms with Gasteiger partial charge in [-0.25, -0.2) is 19.0 Å². The number of halogens is 3. The maximum absolute atomic E-state index is 16.4. The lowest BCUT2D eigenvalue weighted by Gasteiger charge is -2.35. The van der Waals surface area contributed by atoms with Gasteiger partial charge in [-0.2, -0.15) is 0 Å². The number of hydrogen-bond acceptors (Lipinski definition) is 7. The molecule has 1 fully saturated rings. The second-order valence-corrected chi connectivity index (χ2v) is 11.0. The largest absolute Gasteiger partial charge is 0.494 e. The van der Waals surface area contributed by atoms with Crippen LogP contribution in [0.1, 0.15) is 43.4 Å². The molecule has 3 aromatic carbocycles. The predicted molar refractivity (Wildman–Crippen MR) is 155 cm³/mol. The molecular weight excluding hydrogens is 545 g/mol. The Labute approximate surface area is 242 Å². The van der Waals surface area contributed by atoms with Gasteiger partial charge >= 0.3 is 0 Å². The van der Waals surface area contributed by atoms with E-state index in [4.69, 9.17) is 21.1 Å². The molecule has 1 aliphatic heterocycles. The Morgan fingerprint density at radius 3 is 2.52 bits per heavy atom. The number of aliphatic hydroxyl groups is 1. The molecular formula is C32H33F3N4O3. The first kappa shape index (κ1) is 29.4. The fraction of sp³-hybridized carbons (Fsp3) is 0.281. The third kappa shape index (κ3) is 5.53. The zero-order valence-corrected chi connectivity index (χ0v) is 23.6. The molecule has 2 heterocycles. The van der Waals surface area contributed by atoms with E-state index in [1.54, 1.807) is 25.4 Å². The number of aromatic nitrogens is 1. The van der Waals surface area contributed by atoms with Gasteiger partial charge in [-0.05, 0) is 68.7 Å². The van der Waals surface area contributed by atoms with Gasteiger partial charge in [0.1, 0.15) is 34.3 Å². The van der Waals surface area contributed by atoms with Gasteiger partial charge in [0, 0.05) is 41.1 Å². The van der Waals surface area contributed by atoms with Crippen LogP contribution in [-0.2, 0) is 15.9 Å². The minimum Gasteiger partial charge on any atom is -0.494 e. The van der Waals surface area contributed by atoms with Crippen molar-refractivity contribution in [2.75, 3.05) is 20.3 Å². The van der Waals surface area contributed by atoms with Crippen LogP contribution in [0.4, 0.5) is 13.2 Å². The van der Waals surface area contributed by atoms with Gasteiger partial charge < -0.3 is 25.3 Å². The summed E-state index contributed by atoms with van der Waals surface area (Å²) < 4.78 is 57.5. The summed E-state index contributed by atoms with van der Waals surface area (Å²) in [5.74, 6) is 4.63. The molecule has 5 rings (SSSR count). The van der Waals surface area contributed by atoms with E-state index in [1.807, 2.05) is 12.1 Å². The van der Waals surface area contributed by atoms with Crippen molar-refractivity contribution in [1.29, 1.82) is 0 Å². The van der Waals surface area contributed by atoms with E-state index in [0.717, 1.165) is 17.5 Å². The Morgan fingerprint density at radius 1 is 1.14 bits per heavy atom. The third-order valence-corrected chi connectivity index (χ3v) is 7.55. The first-order valence-electron chi connectivity index (χ1n) is 13.5. The van der Waals surface area contributed by atoms with Crippen molar-refractivity contribution in [3.63, 3.8) is 0 Å². The molecule has 0 bridgehead atoms. The Kier molecular flexibility index (Phi) is 7.89. The molecule has 1 aliphatic rings. The summed E-state index contributed by atoms with van der Waals surface area (Å²) >= 11 is 0. The average Bonchev–Trinajstić information content (AvgIpc) is 3.41. The average molecular weight is 579 g/mol. The van der Waals surface area contributed by atoms with Gasteiger partial charge in [0.25, 0.3) is 0 Å². The molecule has 1 saturated heterocycles. The van der Waals surface area contributed by atoms with Crippen LogP contribution in [0.3, 0.4) is 0 Å². The van der Waals surface area contributed by atoms with Crippen LogP contribution in [0.25, 0.3) is 27.7 Å². The number of rotatable bonds is 8. The van der Waals surface area contributed by atoms with E-state index in [1.165, 1.54) is 43.3 Å². The van der Waals surface area contributed by atoms with Crippen molar-refractivity contribution in [3.05, 3.63) is 101 Å². The summed E-state index contributed by atoms with van der Waals surface area (Å²) in [6.07, 6.45) is 4.16. The van der Waals surface area contributed by atoms with Crippen LogP contribution >= 0.6 is 0 Å². The Bertz CT molecular complexity index is 1650. The third-order valence-electron chi connectivity index (χ3n) is 7.55. The van der Waals surface area contributed by atoms with Gasteiger partial charge in [-0.3, -0.25) is 4.98 Å². The number of pyridine rings is 1. The van der Waals surface area contributed by atoms with Gasteiger partial charge in [0.15, 0.2) is 0 Å². The van der Waals surface area contributed by atoms with E-state index in [-0.39, 0.29) is 28.8 Å². The summed E-state index contributed by atoms with van der Waals surface area (Å²) in [6.45, 7) is 3.12. The van der Waals surface area contributed by atoms with Gasteiger partial charge in [-0.15, -0.1) is 0 Å². The van der Waals surface area contributed by atoms with Crippen LogP contribution in [0, 0.1) is 17.5 Å². The van der Waals surface area contributed by atoms with Gasteiger partial charge in [-0.1, -0.05) is 18.2 Å². The number of hydrogen-bond donors (Lipinski definition) is 3. The van der Waals surface area contributed by atoms with E-state index in [2.05, 4.69) is 4.98 Å². The van der Waals surface area contributed by atoms with E-state index < -0.39 is 28.7 Å². The van der Waals surface area contributed by atoms with Crippen molar-refractivity contribution < 1.29 is 27.8 Å². The maximum atomic E-state index is 16.4. The number of methoxy groups -OCH3 is 1. The Morgan fingerprint density at radius 2 is 1.88 bits per heavy atom. The summed E-state index contributed by atoms with van der Waals surface area (Å²) in [5, 5.41) is 13.0. The number of benzene rings is 3. The highest BCUT2D eigenvalue weighted by Gasteiger charge is 2.43. The molecule has 5 N–H and O–H groups in total. The van der Waals surface area contributed by atoms with Crippen LogP contribution in [0.5, 0.6) is 5.75 Å². The molecule has 1 atom stereocenters. The standard InChI is InChI=1S/C32H33F3N4O3/c1-31(2,40)23-16-24(29(35)27(28(23)34)19-7-9-22(33)10-8-19)32(11-5-13-42-32)18-39(37)17-25(36)21-14-20-6-4-12-38-30(20)26(15-21)41-3/h4,6-10,12,14-17,40H,5,11,13,18,36-37H2,1-3H3/b25-17-. The first-order chi connectivity index (χ1) is 19.9. The summed E-state index contributed by atoms with van der Waals surface area (Å²) in [6, 6.07) is 13.4. The minimum atomic E-state index is -1.65. The van der Waals surface area contributed by atoms with E-state index in [9.17, 15) is 9.50 Å². The zero-order valence-electron chi connectivity index (χ0n) is 23.6. The number of ether oxygens (including phenoxy) is 2. The maximum Gasteiger partial charge on any atom is 0.145 e. The first-order valence-corrected chi connectivity index (χ1v) is 13.5. The Balaban J connectivity index is 1.57. The van der Waals surface area contributed by atoms with Crippen molar-refractivity contribution in [1.82, 2.24) is 9.99 Å². The molecule has 220 valence electrons. The van der Waals surface area contributed by atoms with Crippen molar-refractivity contribution in [2.24, 2.45) is 11.6 Å². The monoisotopic (exact) mass is 578 g/mol. The molecule has 0 spiro atoms. The molecule has 0 amide bonds. The quantitative estimate of drug-likeness (QED) is 0.182. The predicted octanol–water partition coefficient (Wildman–Crippen LogP) is 5.69. The lowest BCUT2D eigenvalue weighted by atomic mass is 9.83. The fourth-order valence-electron chi connectivity index (χ4n) is 5.48. The topological polar surface area (TPSA) is 107 Å². The molecule has 10 heteroatoms. The van der Waals surface area contributed by atoms with Gasteiger partial charge in [0.2, 0.25) is 0 Å². The van der Waals surface area contributed by atoms with Crippen LogP contribution < -0.4 is 16.3 Å².